The minimum Gasteiger partial charge on any atom is -0.497 e. The van der Waals surface area contributed by atoms with Crippen molar-refractivity contribution >= 4 is 0 Å². The fourth-order valence-electron chi connectivity index (χ4n) is 3.49. The summed E-state index contributed by atoms with van der Waals surface area (Å²) in [6.45, 7) is 3.41. The van der Waals surface area contributed by atoms with Crippen LogP contribution in [0.5, 0.6) is 5.75 Å². The lowest BCUT2D eigenvalue weighted by atomic mass is 9.95. The summed E-state index contributed by atoms with van der Waals surface area (Å²) in [6, 6.07) is 9.19. The fraction of sp³-hybridized carbons (Fsp3) is 0.684. The molecule has 2 heteroatoms. The lowest BCUT2D eigenvalue weighted by Gasteiger charge is -2.17. The van der Waals surface area contributed by atoms with Gasteiger partial charge in [-0.05, 0) is 55.8 Å². The van der Waals surface area contributed by atoms with E-state index in [1.54, 1.807) is 7.11 Å². The van der Waals surface area contributed by atoms with Crippen LogP contribution in [0.1, 0.15) is 57.4 Å². The highest BCUT2D eigenvalue weighted by Gasteiger charge is 2.17. The number of rotatable bonds is 7. The number of nitrogens with one attached hydrogen (secondary N) is 1. The molecule has 2 unspecified atom stereocenters. The van der Waals surface area contributed by atoms with E-state index in [1.165, 1.54) is 50.5 Å². The molecule has 0 bridgehead atoms. The molecule has 0 amide bonds. The summed E-state index contributed by atoms with van der Waals surface area (Å²) in [6.07, 6.45) is 10.9. The van der Waals surface area contributed by atoms with Gasteiger partial charge in [-0.3, -0.25) is 0 Å². The van der Waals surface area contributed by atoms with Gasteiger partial charge < -0.3 is 10.1 Å². The van der Waals surface area contributed by atoms with E-state index in [9.17, 15) is 0 Å². The van der Waals surface area contributed by atoms with Crippen LogP contribution in [0.4, 0.5) is 0 Å². The highest BCUT2D eigenvalue weighted by atomic mass is 16.5. The fourth-order valence-corrected chi connectivity index (χ4v) is 3.49. The molecule has 1 N–H and O–H groups in total. The van der Waals surface area contributed by atoms with E-state index in [0.717, 1.165) is 30.7 Å². The molecule has 0 heterocycles. The SMILES string of the molecule is CCCC1CCCC(NCCc2ccc(OC)cc2)CC1. The second kappa shape index (κ2) is 9.09. The number of hydrogen-bond acceptors (Lipinski definition) is 2. The van der Waals surface area contributed by atoms with Crippen LogP contribution in [0.2, 0.25) is 0 Å². The zero-order valence-electron chi connectivity index (χ0n) is 13.7. The largest absolute Gasteiger partial charge is 0.497 e. The van der Waals surface area contributed by atoms with Crippen molar-refractivity contribution in [1.29, 1.82) is 0 Å². The Morgan fingerprint density at radius 1 is 1.10 bits per heavy atom. The van der Waals surface area contributed by atoms with Gasteiger partial charge >= 0.3 is 0 Å². The Kier molecular flexibility index (Phi) is 7.08. The smallest absolute Gasteiger partial charge is 0.118 e. The van der Waals surface area contributed by atoms with Crippen LogP contribution < -0.4 is 10.1 Å². The van der Waals surface area contributed by atoms with Crippen LogP contribution in [0.3, 0.4) is 0 Å². The van der Waals surface area contributed by atoms with Crippen LogP contribution >= 0.6 is 0 Å². The van der Waals surface area contributed by atoms with Gasteiger partial charge in [0, 0.05) is 6.04 Å². The summed E-state index contributed by atoms with van der Waals surface area (Å²) in [4.78, 5) is 0. The minimum absolute atomic E-state index is 0.741. The van der Waals surface area contributed by atoms with Crippen molar-refractivity contribution in [1.82, 2.24) is 5.32 Å². The summed E-state index contributed by atoms with van der Waals surface area (Å²) < 4.78 is 5.20. The van der Waals surface area contributed by atoms with E-state index in [-0.39, 0.29) is 0 Å². The number of hydrogen-bond donors (Lipinski definition) is 1. The highest BCUT2D eigenvalue weighted by molar-refractivity contribution is 5.27. The lowest BCUT2D eigenvalue weighted by Crippen LogP contribution is -2.30. The zero-order valence-corrected chi connectivity index (χ0v) is 13.7. The molecule has 1 aromatic carbocycles. The monoisotopic (exact) mass is 289 g/mol. The van der Waals surface area contributed by atoms with Crippen molar-refractivity contribution < 1.29 is 4.74 Å². The maximum Gasteiger partial charge on any atom is 0.118 e. The molecule has 1 aliphatic rings. The summed E-state index contributed by atoms with van der Waals surface area (Å²) in [5.74, 6) is 1.93. The van der Waals surface area contributed by atoms with Crippen molar-refractivity contribution in [3.05, 3.63) is 29.8 Å². The first kappa shape index (κ1) is 16.4. The topological polar surface area (TPSA) is 21.3 Å². The summed E-state index contributed by atoms with van der Waals surface area (Å²) >= 11 is 0. The predicted molar refractivity (Wildman–Crippen MR) is 90.0 cm³/mol. The Bertz CT molecular complexity index is 387. The van der Waals surface area contributed by atoms with Crippen LogP contribution in [0.15, 0.2) is 24.3 Å². The highest BCUT2D eigenvalue weighted by Crippen LogP contribution is 2.26. The molecule has 118 valence electrons. The van der Waals surface area contributed by atoms with Crippen molar-refractivity contribution in [2.45, 2.75) is 64.3 Å². The molecular weight excluding hydrogens is 258 g/mol. The molecule has 0 radical (unpaired) electrons. The van der Waals surface area contributed by atoms with Gasteiger partial charge in [-0.2, -0.15) is 0 Å². The predicted octanol–water partition coefficient (Wildman–Crippen LogP) is 4.58. The third-order valence-corrected chi connectivity index (χ3v) is 4.79. The van der Waals surface area contributed by atoms with Crippen LogP contribution in [0, 0.1) is 5.92 Å². The number of methoxy groups -OCH3 is 1. The Morgan fingerprint density at radius 2 is 1.90 bits per heavy atom. The molecule has 0 aromatic heterocycles. The van der Waals surface area contributed by atoms with Crippen LogP contribution in [0.25, 0.3) is 0 Å². The number of benzene rings is 1. The quantitative estimate of drug-likeness (QED) is 0.742. The molecule has 2 rings (SSSR count). The van der Waals surface area contributed by atoms with Gasteiger partial charge in [0.15, 0.2) is 0 Å². The first-order valence-electron chi connectivity index (χ1n) is 8.68. The average Bonchev–Trinajstić information content (AvgIpc) is 2.74. The van der Waals surface area contributed by atoms with E-state index in [4.69, 9.17) is 4.74 Å². The summed E-state index contributed by atoms with van der Waals surface area (Å²) in [5, 5.41) is 3.77. The van der Waals surface area contributed by atoms with Crippen molar-refractivity contribution in [2.75, 3.05) is 13.7 Å². The Hall–Kier alpha value is -1.02. The summed E-state index contributed by atoms with van der Waals surface area (Å²) in [5.41, 5.74) is 1.39. The van der Waals surface area contributed by atoms with Crippen LogP contribution in [-0.4, -0.2) is 19.7 Å². The first-order valence-corrected chi connectivity index (χ1v) is 8.68. The van der Waals surface area contributed by atoms with E-state index < -0.39 is 0 Å². The van der Waals surface area contributed by atoms with E-state index in [1.807, 2.05) is 0 Å². The Balaban J connectivity index is 1.68. The van der Waals surface area contributed by atoms with E-state index in [2.05, 4.69) is 36.5 Å². The molecule has 1 fully saturated rings. The molecule has 1 aliphatic carbocycles. The lowest BCUT2D eigenvalue weighted by molar-refractivity contribution is 0.410. The van der Waals surface area contributed by atoms with Gasteiger partial charge in [-0.1, -0.05) is 44.7 Å². The van der Waals surface area contributed by atoms with Gasteiger partial charge in [-0.25, -0.2) is 0 Å². The summed E-state index contributed by atoms with van der Waals surface area (Å²) in [7, 11) is 1.72. The standard InChI is InChI=1S/C19H31NO/c1-3-5-16-6-4-7-18(11-8-16)20-15-14-17-9-12-19(21-2)13-10-17/h9-10,12-13,16,18,20H,3-8,11,14-15H2,1-2H3. The van der Waals surface area contributed by atoms with Crippen molar-refractivity contribution in [3.8, 4) is 5.75 Å². The molecular formula is C19H31NO. The van der Waals surface area contributed by atoms with Crippen molar-refractivity contribution in [3.63, 3.8) is 0 Å². The Morgan fingerprint density at radius 3 is 2.62 bits per heavy atom. The van der Waals surface area contributed by atoms with Gasteiger partial charge in [0.1, 0.15) is 5.75 Å². The van der Waals surface area contributed by atoms with Crippen LogP contribution in [-0.2, 0) is 6.42 Å². The molecule has 2 nitrogen and oxygen atoms in total. The van der Waals surface area contributed by atoms with E-state index >= 15 is 0 Å². The van der Waals surface area contributed by atoms with Gasteiger partial charge in [0.05, 0.1) is 7.11 Å². The minimum atomic E-state index is 0.741. The molecule has 2 atom stereocenters. The van der Waals surface area contributed by atoms with Crippen molar-refractivity contribution in [2.24, 2.45) is 5.92 Å². The molecule has 0 aliphatic heterocycles. The third kappa shape index (κ3) is 5.70. The maximum absolute atomic E-state index is 5.20. The first-order chi connectivity index (χ1) is 10.3. The molecule has 21 heavy (non-hydrogen) atoms. The second-order valence-electron chi connectivity index (χ2n) is 6.41. The van der Waals surface area contributed by atoms with E-state index in [0.29, 0.717) is 0 Å². The number of ether oxygens (including phenoxy) is 1. The maximum atomic E-state index is 5.20. The second-order valence-corrected chi connectivity index (χ2v) is 6.41. The average molecular weight is 289 g/mol. The Labute approximate surface area is 130 Å². The van der Waals surface area contributed by atoms with Gasteiger partial charge in [0.2, 0.25) is 0 Å². The molecule has 1 saturated carbocycles. The normalized spacial score (nSPS) is 22.8. The zero-order chi connectivity index (χ0) is 14.9. The molecule has 0 saturated heterocycles. The van der Waals surface area contributed by atoms with Gasteiger partial charge in [-0.15, -0.1) is 0 Å². The van der Waals surface area contributed by atoms with Gasteiger partial charge in [0.25, 0.3) is 0 Å². The third-order valence-electron chi connectivity index (χ3n) is 4.79. The molecule has 1 aromatic rings. The molecule has 0 spiro atoms.